The number of carbonyl (C=O) groups is 2. The van der Waals surface area contributed by atoms with Crippen molar-refractivity contribution < 1.29 is 22.7 Å². The Hall–Kier alpha value is -3.56. The molecular formula is C29H34ClN3O5S. The molecule has 8 nitrogen and oxygen atoms in total. The number of methoxy groups -OCH3 is 1. The lowest BCUT2D eigenvalue weighted by Crippen LogP contribution is -2.52. The van der Waals surface area contributed by atoms with Gasteiger partial charge in [0, 0.05) is 18.1 Å². The minimum Gasteiger partial charge on any atom is -0.497 e. The summed E-state index contributed by atoms with van der Waals surface area (Å²) in [6.07, 6.45) is 0.357. The molecule has 3 aromatic rings. The van der Waals surface area contributed by atoms with Crippen molar-refractivity contribution in [3.63, 3.8) is 0 Å². The van der Waals surface area contributed by atoms with Gasteiger partial charge in [0.1, 0.15) is 18.3 Å². The summed E-state index contributed by atoms with van der Waals surface area (Å²) in [5, 5.41) is 3.22. The second-order valence-corrected chi connectivity index (χ2v) is 11.3. The molecule has 208 valence electrons. The number of aryl methyl sites for hydroxylation is 1. The highest BCUT2D eigenvalue weighted by atomic mass is 35.5. The molecule has 0 saturated heterocycles. The van der Waals surface area contributed by atoms with Crippen LogP contribution in [0.3, 0.4) is 0 Å². The molecule has 3 rings (SSSR count). The number of amides is 2. The number of anilines is 1. The van der Waals surface area contributed by atoms with Gasteiger partial charge < -0.3 is 15.0 Å². The Morgan fingerprint density at radius 2 is 1.56 bits per heavy atom. The largest absolute Gasteiger partial charge is 0.497 e. The number of hydrogen-bond donors (Lipinski definition) is 1. The van der Waals surface area contributed by atoms with Gasteiger partial charge in [0.15, 0.2) is 0 Å². The molecule has 0 aliphatic heterocycles. The minimum atomic E-state index is -4.18. The number of nitrogens with one attached hydrogen (secondary N) is 1. The van der Waals surface area contributed by atoms with Crippen LogP contribution < -0.4 is 14.4 Å². The number of rotatable bonds is 12. The van der Waals surface area contributed by atoms with Gasteiger partial charge in [-0.15, -0.1) is 0 Å². The second-order valence-electron chi connectivity index (χ2n) is 8.99. The van der Waals surface area contributed by atoms with Crippen molar-refractivity contribution >= 4 is 39.1 Å². The van der Waals surface area contributed by atoms with Crippen molar-refractivity contribution in [2.45, 2.75) is 44.7 Å². The summed E-state index contributed by atoms with van der Waals surface area (Å²) in [6, 6.07) is 19.0. The second kappa shape index (κ2) is 13.5. The van der Waals surface area contributed by atoms with Crippen LogP contribution in [0.15, 0.2) is 77.7 Å². The Balaban J connectivity index is 2.04. The third-order valence-corrected chi connectivity index (χ3v) is 8.29. The fraction of sp³-hybridized carbons (Fsp3) is 0.310. The van der Waals surface area contributed by atoms with Crippen LogP contribution in [0.25, 0.3) is 0 Å². The molecule has 0 bridgehead atoms. The standard InChI is InChI=1S/C29H34ClN3O5S/c1-5-27(29(35)31-6-2)32(19-22-9-7-21(3)8-10-22)28(34)20-33(24-13-11-23(30)12-14-24)39(36,37)26-17-15-25(38-4)16-18-26/h7-18,27H,5-6,19-20H2,1-4H3,(H,31,35)/t27-/m0/s1. The smallest absolute Gasteiger partial charge is 0.264 e. The van der Waals surface area contributed by atoms with Crippen LogP contribution in [0.5, 0.6) is 5.75 Å². The summed E-state index contributed by atoms with van der Waals surface area (Å²) < 4.78 is 33.9. The third kappa shape index (κ3) is 7.52. The number of sulfonamides is 1. The molecule has 0 aliphatic rings. The minimum absolute atomic E-state index is 0.00750. The fourth-order valence-corrected chi connectivity index (χ4v) is 5.65. The van der Waals surface area contributed by atoms with Crippen LogP contribution in [0, 0.1) is 6.92 Å². The quantitative estimate of drug-likeness (QED) is 0.337. The monoisotopic (exact) mass is 571 g/mol. The lowest BCUT2D eigenvalue weighted by atomic mass is 10.1. The molecule has 1 N–H and O–H groups in total. The molecule has 0 unspecified atom stereocenters. The number of benzene rings is 3. The Morgan fingerprint density at radius 3 is 2.10 bits per heavy atom. The van der Waals surface area contributed by atoms with Gasteiger partial charge in [0.05, 0.1) is 17.7 Å². The first-order chi connectivity index (χ1) is 18.6. The normalized spacial score (nSPS) is 11.9. The van der Waals surface area contributed by atoms with Gasteiger partial charge in [-0.3, -0.25) is 13.9 Å². The number of carbonyl (C=O) groups excluding carboxylic acids is 2. The Bertz CT molecular complexity index is 1360. The van der Waals surface area contributed by atoms with Crippen LogP contribution in [0.1, 0.15) is 31.4 Å². The van der Waals surface area contributed by atoms with Gasteiger partial charge in [0.2, 0.25) is 11.8 Å². The molecule has 3 aromatic carbocycles. The van der Waals surface area contributed by atoms with Crippen molar-refractivity contribution in [2.24, 2.45) is 0 Å². The number of halogens is 1. The number of hydrogen-bond acceptors (Lipinski definition) is 5. The molecule has 0 aromatic heterocycles. The molecule has 2 amide bonds. The zero-order valence-corrected chi connectivity index (χ0v) is 24.1. The van der Waals surface area contributed by atoms with Gasteiger partial charge in [-0.05, 0) is 74.4 Å². The Labute approximate surface area is 235 Å². The molecule has 0 heterocycles. The van der Waals surface area contributed by atoms with Crippen LogP contribution in [-0.4, -0.2) is 51.4 Å². The van der Waals surface area contributed by atoms with E-state index in [4.69, 9.17) is 16.3 Å². The number of ether oxygens (including phenoxy) is 1. The van der Waals surface area contributed by atoms with Crippen LogP contribution in [0.4, 0.5) is 5.69 Å². The molecule has 0 saturated carbocycles. The highest BCUT2D eigenvalue weighted by Crippen LogP contribution is 2.27. The first-order valence-electron chi connectivity index (χ1n) is 12.7. The summed E-state index contributed by atoms with van der Waals surface area (Å²) in [7, 11) is -2.69. The molecular weight excluding hydrogens is 538 g/mol. The topological polar surface area (TPSA) is 96.0 Å². The van der Waals surface area contributed by atoms with E-state index in [1.807, 2.05) is 38.1 Å². The van der Waals surface area contributed by atoms with Crippen LogP contribution in [0.2, 0.25) is 5.02 Å². The summed E-state index contributed by atoms with van der Waals surface area (Å²) in [4.78, 5) is 28.4. The van der Waals surface area contributed by atoms with E-state index in [-0.39, 0.29) is 23.0 Å². The maximum absolute atomic E-state index is 13.9. The fourth-order valence-electron chi connectivity index (χ4n) is 4.11. The Kier molecular flexibility index (Phi) is 10.4. The molecule has 0 spiro atoms. The summed E-state index contributed by atoms with van der Waals surface area (Å²) in [6.45, 7) is 5.62. The first-order valence-corrected chi connectivity index (χ1v) is 14.5. The zero-order chi connectivity index (χ0) is 28.6. The predicted molar refractivity (Wildman–Crippen MR) is 153 cm³/mol. The van der Waals surface area contributed by atoms with Crippen molar-refractivity contribution in [3.8, 4) is 5.75 Å². The molecule has 1 atom stereocenters. The van der Waals surface area contributed by atoms with E-state index in [2.05, 4.69) is 5.32 Å². The van der Waals surface area contributed by atoms with Gasteiger partial charge in [-0.2, -0.15) is 0 Å². The average Bonchev–Trinajstić information content (AvgIpc) is 2.93. The van der Waals surface area contributed by atoms with Crippen LogP contribution >= 0.6 is 11.6 Å². The van der Waals surface area contributed by atoms with E-state index in [0.29, 0.717) is 23.7 Å². The van der Waals surface area contributed by atoms with Gasteiger partial charge in [-0.1, -0.05) is 48.4 Å². The van der Waals surface area contributed by atoms with E-state index in [0.717, 1.165) is 15.4 Å². The lowest BCUT2D eigenvalue weighted by molar-refractivity contribution is -0.140. The summed E-state index contributed by atoms with van der Waals surface area (Å²) in [5.74, 6) is -0.308. The molecule has 0 radical (unpaired) electrons. The van der Waals surface area contributed by atoms with E-state index in [1.165, 1.54) is 24.1 Å². The van der Waals surface area contributed by atoms with Crippen molar-refractivity contribution in [3.05, 3.63) is 88.9 Å². The van der Waals surface area contributed by atoms with E-state index in [9.17, 15) is 18.0 Å². The van der Waals surface area contributed by atoms with E-state index >= 15 is 0 Å². The zero-order valence-electron chi connectivity index (χ0n) is 22.6. The lowest BCUT2D eigenvalue weighted by Gasteiger charge is -2.33. The molecule has 0 fully saturated rings. The summed E-state index contributed by atoms with van der Waals surface area (Å²) in [5.41, 5.74) is 2.16. The maximum atomic E-state index is 13.9. The van der Waals surface area contributed by atoms with Crippen molar-refractivity contribution in [1.82, 2.24) is 10.2 Å². The highest BCUT2D eigenvalue weighted by molar-refractivity contribution is 7.92. The van der Waals surface area contributed by atoms with Crippen molar-refractivity contribution in [1.29, 1.82) is 0 Å². The first kappa shape index (κ1) is 30.0. The van der Waals surface area contributed by atoms with Gasteiger partial charge >= 0.3 is 0 Å². The number of nitrogens with zero attached hydrogens (tertiary/aromatic N) is 2. The highest BCUT2D eigenvalue weighted by Gasteiger charge is 2.33. The molecule has 0 aliphatic carbocycles. The van der Waals surface area contributed by atoms with E-state index in [1.54, 1.807) is 43.3 Å². The molecule has 39 heavy (non-hydrogen) atoms. The van der Waals surface area contributed by atoms with Crippen molar-refractivity contribution in [2.75, 3.05) is 24.5 Å². The number of likely N-dealkylation sites (N-methyl/N-ethyl adjacent to an activating group) is 1. The Morgan fingerprint density at radius 1 is 0.949 bits per heavy atom. The predicted octanol–water partition coefficient (Wildman–Crippen LogP) is 4.80. The van der Waals surface area contributed by atoms with Crippen LogP contribution in [-0.2, 0) is 26.2 Å². The maximum Gasteiger partial charge on any atom is 0.264 e. The van der Waals surface area contributed by atoms with E-state index < -0.39 is 28.5 Å². The van der Waals surface area contributed by atoms with Gasteiger partial charge in [-0.25, -0.2) is 8.42 Å². The summed E-state index contributed by atoms with van der Waals surface area (Å²) >= 11 is 6.06. The SMILES string of the molecule is CCNC(=O)[C@H](CC)N(Cc1ccc(C)cc1)C(=O)CN(c1ccc(Cl)cc1)S(=O)(=O)c1ccc(OC)cc1. The third-order valence-electron chi connectivity index (χ3n) is 6.25. The average molecular weight is 572 g/mol. The van der Waals surface area contributed by atoms with Gasteiger partial charge in [0.25, 0.3) is 10.0 Å². The molecule has 10 heteroatoms.